The first-order chi connectivity index (χ1) is 8.72. The second-order valence-electron chi connectivity index (χ2n) is 4.37. The fraction of sp³-hybridized carbons (Fsp3) is 0.267. The van der Waals surface area contributed by atoms with Crippen LogP contribution in [0.4, 0.5) is 11.4 Å². The summed E-state index contributed by atoms with van der Waals surface area (Å²) in [5.41, 5.74) is 4.43. The van der Waals surface area contributed by atoms with Gasteiger partial charge in [0.05, 0.1) is 5.69 Å². The van der Waals surface area contributed by atoms with E-state index in [1.165, 1.54) is 0 Å². The monoisotopic (exact) mass is 241 g/mol. The number of aromatic nitrogens is 1. The lowest BCUT2D eigenvalue weighted by molar-refractivity contribution is 1.12. The van der Waals surface area contributed by atoms with E-state index in [0.29, 0.717) is 0 Å². The highest BCUT2D eigenvalue weighted by Crippen LogP contribution is 2.28. The Bertz CT molecular complexity index is 521. The second-order valence-corrected chi connectivity index (χ2v) is 4.37. The molecule has 2 aromatic rings. The molecule has 3 nitrogen and oxygen atoms in total. The molecular weight excluding hydrogens is 222 g/mol. The molecule has 1 aromatic carbocycles. The van der Waals surface area contributed by atoms with Crippen molar-refractivity contribution in [3.05, 3.63) is 42.6 Å². The molecule has 0 aliphatic rings. The molecule has 0 radical (unpaired) electrons. The van der Waals surface area contributed by atoms with Crippen LogP contribution in [0.2, 0.25) is 0 Å². The molecule has 0 atom stereocenters. The minimum atomic E-state index is 0.907. The summed E-state index contributed by atoms with van der Waals surface area (Å²) in [6.45, 7) is 3.00. The number of nitrogens with zero attached hydrogens (tertiary/aromatic N) is 2. The zero-order valence-electron chi connectivity index (χ0n) is 11.1. The van der Waals surface area contributed by atoms with Gasteiger partial charge in [-0.2, -0.15) is 0 Å². The van der Waals surface area contributed by atoms with Crippen molar-refractivity contribution in [3.63, 3.8) is 0 Å². The number of hydrogen-bond acceptors (Lipinski definition) is 3. The van der Waals surface area contributed by atoms with Crippen LogP contribution < -0.4 is 10.2 Å². The Morgan fingerprint density at radius 2 is 1.94 bits per heavy atom. The summed E-state index contributed by atoms with van der Waals surface area (Å²) in [7, 11) is 4.07. The Balaban J connectivity index is 2.45. The minimum Gasteiger partial charge on any atom is -0.385 e. The van der Waals surface area contributed by atoms with Gasteiger partial charge in [-0.15, -0.1) is 0 Å². The third kappa shape index (κ3) is 2.62. The first kappa shape index (κ1) is 12.4. The van der Waals surface area contributed by atoms with Gasteiger partial charge in [-0.25, -0.2) is 0 Å². The zero-order valence-corrected chi connectivity index (χ0v) is 11.1. The number of anilines is 2. The summed E-state index contributed by atoms with van der Waals surface area (Å²) in [4.78, 5) is 6.55. The van der Waals surface area contributed by atoms with E-state index in [0.717, 1.165) is 29.2 Å². The molecule has 94 valence electrons. The molecule has 18 heavy (non-hydrogen) atoms. The Labute approximate surface area is 108 Å². The summed E-state index contributed by atoms with van der Waals surface area (Å²) in [6, 6.07) is 12.4. The van der Waals surface area contributed by atoms with Gasteiger partial charge in [0, 0.05) is 43.8 Å². The molecule has 1 aromatic heterocycles. The van der Waals surface area contributed by atoms with Crippen LogP contribution in [0.25, 0.3) is 11.3 Å². The average Bonchev–Trinajstić information content (AvgIpc) is 2.40. The molecule has 0 saturated carbocycles. The molecule has 1 N–H and O–H groups in total. The van der Waals surface area contributed by atoms with Gasteiger partial charge in [0.15, 0.2) is 0 Å². The van der Waals surface area contributed by atoms with Crippen LogP contribution in [0.1, 0.15) is 6.92 Å². The summed E-state index contributed by atoms with van der Waals surface area (Å²) >= 11 is 0. The first-order valence-corrected chi connectivity index (χ1v) is 6.19. The van der Waals surface area contributed by atoms with Gasteiger partial charge in [0.1, 0.15) is 0 Å². The number of nitrogens with one attached hydrogen (secondary N) is 1. The zero-order chi connectivity index (χ0) is 13.0. The van der Waals surface area contributed by atoms with Crippen LogP contribution in [0.3, 0.4) is 0 Å². The molecule has 0 aliphatic carbocycles. The van der Waals surface area contributed by atoms with Crippen LogP contribution in [-0.4, -0.2) is 25.6 Å². The van der Waals surface area contributed by atoms with Crippen LogP contribution in [0.15, 0.2) is 42.6 Å². The number of benzene rings is 1. The molecular formula is C15H19N3. The van der Waals surface area contributed by atoms with Crippen LogP contribution >= 0.6 is 0 Å². The Morgan fingerprint density at radius 3 is 2.67 bits per heavy atom. The second kappa shape index (κ2) is 5.54. The maximum atomic E-state index is 4.47. The van der Waals surface area contributed by atoms with E-state index in [-0.39, 0.29) is 0 Å². The highest BCUT2D eigenvalue weighted by Gasteiger charge is 2.06. The molecule has 0 spiro atoms. The number of para-hydroxylation sites is 1. The quantitative estimate of drug-likeness (QED) is 0.890. The van der Waals surface area contributed by atoms with E-state index in [2.05, 4.69) is 40.3 Å². The summed E-state index contributed by atoms with van der Waals surface area (Å²) < 4.78 is 0. The fourth-order valence-corrected chi connectivity index (χ4v) is 1.90. The van der Waals surface area contributed by atoms with Crippen molar-refractivity contribution < 1.29 is 0 Å². The van der Waals surface area contributed by atoms with Gasteiger partial charge in [-0.1, -0.05) is 18.2 Å². The molecule has 1 heterocycles. The smallest absolute Gasteiger partial charge is 0.0743 e. The molecule has 2 rings (SSSR count). The molecule has 0 saturated heterocycles. The minimum absolute atomic E-state index is 0.907. The van der Waals surface area contributed by atoms with Gasteiger partial charge in [0.25, 0.3) is 0 Å². The third-order valence-electron chi connectivity index (χ3n) is 2.83. The molecule has 0 fully saturated rings. The van der Waals surface area contributed by atoms with Crippen molar-refractivity contribution in [1.82, 2.24) is 4.98 Å². The van der Waals surface area contributed by atoms with Crippen molar-refractivity contribution >= 4 is 11.4 Å². The summed E-state index contributed by atoms with van der Waals surface area (Å²) in [5.74, 6) is 0. The molecule has 3 heteroatoms. The average molecular weight is 241 g/mol. The molecule has 0 unspecified atom stereocenters. The van der Waals surface area contributed by atoms with E-state index in [1.807, 2.05) is 38.5 Å². The van der Waals surface area contributed by atoms with E-state index < -0.39 is 0 Å². The van der Waals surface area contributed by atoms with Crippen molar-refractivity contribution in [2.24, 2.45) is 0 Å². The fourth-order valence-electron chi connectivity index (χ4n) is 1.90. The predicted molar refractivity (Wildman–Crippen MR) is 78.2 cm³/mol. The van der Waals surface area contributed by atoms with Crippen molar-refractivity contribution in [2.75, 3.05) is 30.9 Å². The van der Waals surface area contributed by atoms with E-state index in [4.69, 9.17) is 0 Å². The van der Waals surface area contributed by atoms with Crippen molar-refractivity contribution in [3.8, 4) is 11.3 Å². The lowest BCUT2D eigenvalue weighted by Crippen LogP contribution is -2.08. The van der Waals surface area contributed by atoms with Gasteiger partial charge in [0.2, 0.25) is 0 Å². The molecule has 0 bridgehead atoms. The standard InChI is InChI=1S/C15H19N3/c1-4-16-14-8-6-5-7-13(14)15-11-12(18(2)3)9-10-17-15/h5-11,16H,4H2,1-3H3. The Morgan fingerprint density at radius 1 is 1.17 bits per heavy atom. The maximum Gasteiger partial charge on any atom is 0.0743 e. The number of pyridine rings is 1. The van der Waals surface area contributed by atoms with Gasteiger partial charge in [-0.05, 0) is 25.1 Å². The van der Waals surface area contributed by atoms with E-state index >= 15 is 0 Å². The van der Waals surface area contributed by atoms with Crippen molar-refractivity contribution in [2.45, 2.75) is 6.92 Å². The van der Waals surface area contributed by atoms with Crippen LogP contribution in [-0.2, 0) is 0 Å². The molecule has 0 amide bonds. The lowest BCUT2D eigenvalue weighted by atomic mass is 10.1. The summed E-state index contributed by atoms with van der Waals surface area (Å²) in [6.07, 6.45) is 1.85. The highest BCUT2D eigenvalue weighted by atomic mass is 15.1. The van der Waals surface area contributed by atoms with Gasteiger partial charge >= 0.3 is 0 Å². The SMILES string of the molecule is CCNc1ccccc1-c1cc(N(C)C)ccn1. The highest BCUT2D eigenvalue weighted by molar-refractivity contribution is 5.77. The van der Waals surface area contributed by atoms with Gasteiger partial charge in [-0.3, -0.25) is 4.98 Å². The first-order valence-electron chi connectivity index (χ1n) is 6.19. The third-order valence-corrected chi connectivity index (χ3v) is 2.83. The number of rotatable bonds is 4. The van der Waals surface area contributed by atoms with Crippen molar-refractivity contribution in [1.29, 1.82) is 0 Å². The Kier molecular flexibility index (Phi) is 3.82. The normalized spacial score (nSPS) is 10.2. The van der Waals surface area contributed by atoms with Crippen LogP contribution in [0.5, 0.6) is 0 Å². The van der Waals surface area contributed by atoms with E-state index in [1.54, 1.807) is 0 Å². The Hall–Kier alpha value is -2.03. The van der Waals surface area contributed by atoms with E-state index in [9.17, 15) is 0 Å². The predicted octanol–water partition coefficient (Wildman–Crippen LogP) is 3.25. The topological polar surface area (TPSA) is 28.2 Å². The summed E-state index contributed by atoms with van der Waals surface area (Å²) in [5, 5.41) is 3.37. The number of hydrogen-bond donors (Lipinski definition) is 1. The van der Waals surface area contributed by atoms with Crippen LogP contribution in [0, 0.1) is 0 Å². The largest absolute Gasteiger partial charge is 0.385 e. The van der Waals surface area contributed by atoms with Gasteiger partial charge < -0.3 is 10.2 Å². The maximum absolute atomic E-state index is 4.47. The molecule has 0 aliphatic heterocycles. The lowest BCUT2D eigenvalue weighted by Gasteiger charge is -2.15.